The highest BCUT2D eigenvalue weighted by molar-refractivity contribution is 7.89. The lowest BCUT2D eigenvalue weighted by Crippen LogP contribution is -2.33. The lowest BCUT2D eigenvalue weighted by molar-refractivity contribution is 0.187. The van der Waals surface area contributed by atoms with Crippen molar-refractivity contribution in [2.75, 3.05) is 39.7 Å². The lowest BCUT2D eigenvalue weighted by Gasteiger charge is -2.17. The van der Waals surface area contributed by atoms with Crippen LogP contribution in [0.25, 0.3) is 0 Å². The summed E-state index contributed by atoms with van der Waals surface area (Å²) in [6, 6.07) is 6.57. The molecule has 0 spiro atoms. The molecule has 0 saturated carbocycles. The van der Waals surface area contributed by atoms with Gasteiger partial charge in [0, 0.05) is 33.4 Å². The molecule has 0 heterocycles. The molecule has 3 N–H and O–H groups in total. The highest BCUT2D eigenvalue weighted by atomic mass is 32.2. The van der Waals surface area contributed by atoms with E-state index < -0.39 is 10.0 Å². The van der Waals surface area contributed by atoms with Gasteiger partial charge in [0.15, 0.2) is 0 Å². The minimum Gasteiger partial charge on any atom is -0.383 e. The predicted octanol–water partition coefficient (Wildman–Crippen LogP) is 0.323. The first-order chi connectivity index (χ1) is 8.91. The highest BCUT2D eigenvalue weighted by Gasteiger charge is 2.16. The van der Waals surface area contributed by atoms with Crippen molar-refractivity contribution in [3.8, 4) is 0 Å². The predicted molar refractivity (Wildman–Crippen MR) is 75.7 cm³/mol. The maximum atomic E-state index is 11.9. The molecule has 1 atom stereocenters. The fourth-order valence-electron chi connectivity index (χ4n) is 1.54. The fourth-order valence-corrected chi connectivity index (χ4v) is 2.44. The number of sulfonamides is 1. The van der Waals surface area contributed by atoms with Crippen molar-refractivity contribution < 1.29 is 13.2 Å². The molecule has 0 radical (unpaired) electrons. The Morgan fingerprint density at radius 1 is 1.32 bits per heavy atom. The molecule has 0 aliphatic heterocycles. The van der Waals surface area contributed by atoms with E-state index in [1.54, 1.807) is 31.4 Å². The Kier molecular flexibility index (Phi) is 5.74. The van der Waals surface area contributed by atoms with Gasteiger partial charge in [-0.1, -0.05) is 0 Å². The van der Waals surface area contributed by atoms with E-state index in [1.807, 2.05) is 0 Å². The van der Waals surface area contributed by atoms with Crippen LogP contribution in [0.4, 0.5) is 5.69 Å². The van der Waals surface area contributed by atoms with Crippen molar-refractivity contribution in [2.45, 2.75) is 10.9 Å². The third-order valence-corrected chi connectivity index (χ3v) is 4.49. The van der Waals surface area contributed by atoms with Gasteiger partial charge in [-0.25, -0.2) is 12.7 Å². The molecule has 1 unspecified atom stereocenters. The first-order valence-corrected chi connectivity index (χ1v) is 7.34. The van der Waals surface area contributed by atoms with Crippen molar-refractivity contribution in [1.29, 1.82) is 0 Å². The molecular formula is C12H21N3O3S. The number of benzene rings is 1. The third-order valence-electron chi connectivity index (χ3n) is 2.66. The molecule has 0 saturated heterocycles. The van der Waals surface area contributed by atoms with Crippen LogP contribution in [0.2, 0.25) is 0 Å². The lowest BCUT2D eigenvalue weighted by atomic mass is 10.2. The second-order valence-electron chi connectivity index (χ2n) is 4.34. The zero-order valence-electron chi connectivity index (χ0n) is 11.5. The van der Waals surface area contributed by atoms with Crippen LogP contribution < -0.4 is 11.1 Å². The van der Waals surface area contributed by atoms with E-state index in [-0.39, 0.29) is 10.9 Å². The minimum atomic E-state index is -3.38. The number of methoxy groups -OCH3 is 1. The normalized spacial score (nSPS) is 13.5. The molecule has 0 aromatic heterocycles. The van der Waals surface area contributed by atoms with Crippen LogP contribution in [-0.2, 0) is 14.8 Å². The Morgan fingerprint density at radius 3 is 2.32 bits per heavy atom. The third kappa shape index (κ3) is 4.17. The summed E-state index contributed by atoms with van der Waals surface area (Å²) in [4.78, 5) is 0.263. The molecule has 0 aliphatic rings. The van der Waals surface area contributed by atoms with E-state index in [2.05, 4.69) is 5.32 Å². The van der Waals surface area contributed by atoms with Crippen molar-refractivity contribution in [1.82, 2.24) is 4.31 Å². The van der Waals surface area contributed by atoms with E-state index in [9.17, 15) is 8.42 Å². The first kappa shape index (κ1) is 15.9. The number of rotatable bonds is 7. The summed E-state index contributed by atoms with van der Waals surface area (Å²) in [5.41, 5.74) is 6.41. The fraction of sp³-hybridized carbons (Fsp3) is 0.500. The van der Waals surface area contributed by atoms with E-state index in [1.165, 1.54) is 18.4 Å². The Bertz CT molecular complexity index is 485. The number of hydrogen-bond donors (Lipinski definition) is 2. The van der Waals surface area contributed by atoms with Gasteiger partial charge in [0.05, 0.1) is 17.5 Å². The maximum absolute atomic E-state index is 11.9. The Hall–Kier alpha value is -1.15. The van der Waals surface area contributed by atoms with Gasteiger partial charge >= 0.3 is 0 Å². The number of ether oxygens (including phenoxy) is 1. The van der Waals surface area contributed by atoms with Gasteiger partial charge in [0.1, 0.15) is 0 Å². The van der Waals surface area contributed by atoms with Gasteiger partial charge in [-0.15, -0.1) is 0 Å². The summed E-state index contributed by atoms with van der Waals surface area (Å²) in [6.45, 7) is 0.930. The summed E-state index contributed by atoms with van der Waals surface area (Å²) in [5, 5.41) is 3.18. The largest absolute Gasteiger partial charge is 0.383 e. The summed E-state index contributed by atoms with van der Waals surface area (Å²) >= 11 is 0. The van der Waals surface area contributed by atoms with Gasteiger partial charge in [0.25, 0.3) is 0 Å². The van der Waals surface area contributed by atoms with E-state index >= 15 is 0 Å². The SMILES string of the molecule is COCC(CN)Nc1ccc(S(=O)(=O)N(C)C)cc1. The molecule has 19 heavy (non-hydrogen) atoms. The quantitative estimate of drug-likeness (QED) is 0.754. The van der Waals surface area contributed by atoms with E-state index in [4.69, 9.17) is 10.5 Å². The average molecular weight is 287 g/mol. The topological polar surface area (TPSA) is 84.7 Å². The maximum Gasteiger partial charge on any atom is 0.242 e. The van der Waals surface area contributed by atoms with E-state index in [0.29, 0.717) is 13.2 Å². The van der Waals surface area contributed by atoms with Crippen molar-refractivity contribution in [3.05, 3.63) is 24.3 Å². The van der Waals surface area contributed by atoms with Crippen LogP contribution in [-0.4, -0.2) is 53.1 Å². The van der Waals surface area contributed by atoms with E-state index in [0.717, 1.165) is 5.69 Å². The van der Waals surface area contributed by atoms with Crippen molar-refractivity contribution in [2.24, 2.45) is 5.73 Å². The summed E-state index contributed by atoms with van der Waals surface area (Å²) in [6.07, 6.45) is 0. The average Bonchev–Trinajstić information content (AvgIpc) is 2.38. The van der Waals surface area contributed by atoms with Crippen LogP contribution in [0, 0.1) is 0 Å². The van der Waals surface area contributed by atoms with Crippen LogP contribution in [0.3, 0.4) is 0 Å². The standard InChI is InChI=1S/C12H21N3O3S/c1-15(2)19(16,17)12-6-4-10(5-7-12)14-11(8-13)9-18-3/h4-7,11,14H,8-9,13H2,1-3H3. The van der Waals surface area contributed by atoms with Crippen LogP contribution >= 0.6 is 0 Å². The van der Waals surface area contributed by atoms with Crippen LogP contribution in [0.1, 0.15) is 0 Å². The molecule has 1 aromatic rings. The highest BCUT2D eigenvalue weighted by Crippen LogP contribution is 2.17. The van der Waals surface area contributed by atoms with Gasteiger partial charge in [-0.3, -0.25) is 0 Å². The number of nitrogens with zero attached hydrogens (tertiary/aromatic N) is 1. The summed E-state index contributed by atoms with van der Waals surface area (Å²) < 4.78 is 30.0. The number of anilines is 1. The molecule has 0 bridgehead atoms. The van der Waals surface area contributed by atoms with Gasteiger partial charge in [-0.05, 0) is 24.3 Å². The second-order valence-corrected chi connectivity index (χ2v) is 6.50. The van der Waals surface area contributed by atoms with Gasteiger partial charge < -0.3 is 15.8 Å². The first-order valence-electron chi connectivity index (χ1n) is 5.90. The van der Waals surface area contributed by atoms with Gasteiger partial charge in [-0.2, -0.15) is 0 Å². The summed E-state index contributed by atoms with van der Waals surface area (Å²) in [5.74, 6) is 0. The molecule has 7 heteroatoms. The molecule has 1 aromatic carbocycles. The molecular weight excluding hydrogens is 266 g/mol. The Morgan fingerprint density at radius 2 is 1.89 bits per heavy atom. The molecule has 0 fully saturated rings. The van der Waals surface area contributed by atoms with Crippen LogP contribution in [0.15, 0.2) is 29.2 Å². The second kappa shape index (κ2) is 6.85. The van der Waals surface area contributed by atoms with Crippen molar-refractivity contribution in [3.63, 3.8) is 0 Å². The summed E-state index contributed by atoms with van der Waals surface area (Å²) in [7, 11) is 1.24. The van der Waals surface area contributed by atoms with Gasteiger partial charge in [0.2, 0.25) is 10.0 Å². The Balaban J connectivity index is 2.82. The molecule has 1 rings (SSSR count). The molecule has 6 nitrogen and oxygen atoms in total. The number of hydrogen-bond acceptors (Lipinski definition) is 5. The minimum absolute atomic E-state index is 0.00121. The molecule has 108 valence electrons. The zero-order chi connectivity index (χ0) is 14.5. The molecule has 0 aliphatic carbocycles. The molecule has 0 amide bonds. The Labute approximate surface area is 114 Å². The smallest absolute Gasteiger partial charge is 0.242 e. The van der Waals surface area contributed by atoms with Crippen molar-refractivity contribution >= 4 is 15.7 Å². The zero-order valence-corrected chi connectivity index (χ0v) is 12.3. The number of nitrogens with two attached hydrogens (primary N) is 1. The number of nitrogens with one attached hydrogen (secondary N) is 1. The van der Waals surface area contributed by atoms with Crippen LogP contribution in [0.5, 0.6) is 0 Å². The monoisotopic (exact) mass is 287 g/mol.